The molecule has 1 N–H and O–H groups in total. The summed E-state index contributed by atoms with van der Waals surface area (Å²) in [6.07, 6.45) is 8.48. The van der Waals surface area contributed by atoms with E-state index >= 15 is 0 Å². The van der Waals surface area contributed by atoms with Gasteiger partial charge in [-0.2, -0.15) is 0 Å². The molecule has 0 saturated carbocycles. The molecule has 1 aliphatic rings. The minimum absolute atomic E-state index is 0.333. The number of aliphatic hydroxyl groups is 1. The molecule has 0 aromatic heterocycles. The van der Waals surface area contributed by atoms with Crippen LogP contribution in [0.25, 0.3) is 0 Å². The van der Waals surface area contributed by atoms with E-state index in [4.69, 9.17) is 0 Å². The van der Waals surface area contributed by atoms with Gasteiger partial charge in [-0.3, -0.25) is 0 Å². The highest BCUT2D eigenvalue weighted by atomic mass is 16.3. The van der Waals surface area contributed by atoms with Crippen molar-refractivity contribution in [2.24, 2.45) is 11.3 Å². The smallest absolute Gasteiger partial charge is 0.0692 e. The molecule has 0 aliphatic heterocycles. The van der Waals surface area contributed by atoms with E-state index in [1.54, 1.807) is 6.92 Å². The quantitative estimate of drug-likeness (QED) is 0.669. The van der Waals surface area contributed by atoms with Gasteiger partial charge in [0.1, 0.15) is 0 Å². The molecule has 2 atom stereocenters. The monoisotopic (exact) mass is 194 g/mol. The predicted octanol–water partition coefficient (Wildman–Crippen LogP) is 3.31. The molecule has 1 aliphatic carbocycles. The van der Waals surface area contributed by atoms with Crippen LogP contribution in [0, 0.1) is 11.3 Å². The molecule has 1 unspecified atom stereocenters. The summed E-state index contributed by atoms with van der Waals surface area (Å²) < 4.78 is 0. The predicted molar refractivity (Wildman–Crippen MR) is 61.1 cm³/mol. The van der Waals surface area contributed by atoms with Crippen LogP contribution in [-0.2, 0) is 0 Å². The fourth-order valence-electron chi connectivity index (χ4n) is 2.25. The molecule has 1 rings (SSSR count). The molecule has 0 bridgehead atoms. The van der Waals surface area contributed by atoms with Gasteiger partial charge in [-0.25, -0.2) is 0 Å². The van der Waals surface area contributed by atoms with Crippen LogP contribution in [0.2, 0.25) is 0 Å². The third-order valence-corrected chi connectivity index (χ3v) is 3.17. The van der Waals surface area contributed by atoms with Crippen molar-refractivity contribution in [1.29, 1.82) is 0 Å². The van der Waals surface area contributed by atoms with E-state index in [0.29, 0.717) is 11.3 Å². The standard InChI is InChI=1S/C13H22O/c1-10-6-5-9-13(3,4)12(10)8-7-11(2)14/h6-8,11-12,14H,5,9H2,1-4H3/t11-,12?/m1/s1. The summed E-state index contributed by atoms with van der Waals surface area (Å²) in [5, 5.41) is 9.23. The maximum atomic E-state index is 9.23. The Hall–Kier alpha value is -0.560. The van der Waals surface area contributed by atoms with Gasteiger partial charge in [0.15, 0.2) is 0 Å². The van der Waals surface area contributed by atoms with Crippen molar-refractivity contribution in [3.8, 4) is 0 Å². The second-order valence-electron chi connectivity index (χ2n) is 5.08. The zero-order valence-corrected chi connectivity index (χ0v) is 9.75. The van der Waals surface area contributed by atoms with Gasteiger partial charge in [0.25, 0.3) is 0 Å². The Balaban J connectivity index is 2.81. The van der Waals surface area contributed by atoms with Crippen LogP contribution >= 0.6 is 0 Å². The highest BCUT2D eigenvalue weighted by Crippen LogP contribution is 2.41. The molecule has 1 heteroatoms. The van der Waals surface area contributed by atoms with E-state index in [0.717, 1.165) is 0 Å². The molecular weight excluding hydrogens is 172 g/mol. The summed E-state index contributed by atoms with van der Waals surface area (Å²) >= 11 is 0. The Kier molecular flexibility index (Phi) is 3.54. The zero-order chi connectivity index (χ0) is 10.8. The largest absolute Gasteiger partial charge is 0.389 e. The lowest BCUT2D eigenvalue weighted by molar-refractivity contribution is 0.234. The molecule has 80 valence electrons. The number of hydrogen-bond acceptors (Lipinski definition) is 1. The fourth-order valence-corrected chi connectivity index (χ4v) is 2.25. The van der Waals surface area contributed by atoms with Gasteiger partial charge < -0.3 is 5.11 Å². The first-order valence-corrected chi connectivity index (χ1v) is 5.46. The molecule has 0 spiro atoms. The highest BCUT2D eigenvalue weighted by Gasteiger charge is 2.30. The molecule has 14 heavy (non-hydrogen) atoms. The second-order valence-corrected chi connectivity index (χ2v) is 5.08. The molecule has 0 amide bonds. The molecular formula is C13H22O. The number of allylic oxidation sites excluding steroid dienone is 3. The van der Waals surface area contributed by atoms with Crippen molar-refractivity contribution < 1.29 is 5.11 Å². The molecule has 0 saturated heterocycles. The van der Waals surface area contributed by atoms with Gasteiger partial charge in [-0.1, -0.05) is 37.6 Å². The van der Waals surface area contributed by atoms with E-state index in [1.165, 1.54) is 18.4 Å². The third kappa shape index (κ3) is 2.71. The van der Waals surface area contributed by atoms with Gasteiger partial charge in [0.05, 0.1) is 6.10 Å². The number of aliphatic hydroxyl groups excluding tert-OH is 1. The van der Waals surface area contributed by atoms with Gasteiger partial charge in [-0.05, 0) is 32.1 Å². The van der Waals surface area contributed by atoms with Crippen LogP contribution in [0.1, 0.15) is 40.5 Å². The average Bonchev–Trinajstić information content (AvgIpc) is 2.01. The zero-order valence-electron chi connectivity index (χ0n) is 9.75. The van der Waals surface area contributed by atoms with Crippen LogP contribution < -0.4 is 0 Å². The van der Waals surface area contributed by atoms with E-state index in [9.17, 15) is 5.11 Å². The van der Waals surface area contributed by atoms with Crippen molar-refractivity contribution in [3.63, 3.8) is 0 Å². The summed E-state index contributed by atoms with van der Waals surface area (Å²) in [4.78, 5) is 0. The minimum atomic E-state index is -0.333. The van der Waals surface area contributed by atoms with Gasteiger partial charge in [0.2, 0.25) is 0 Å². The van der Waals surface area contributed by atoms with Gasteiger partial charge in [0, 0.05) is 5.92 Å². The Morgan fingerprint density at radius 2 is 2.21 bits per heavy atom. The first-order valence-electron chi connectivity index (χ1n) is 5.46. The summed E-state index contributed by atoms with van der Waals surface area (Å²) in [5.41, 5.74) is 1.78. The lowest BCUT2D eigenvalue weighted by atomic mass is 9.68. The van der Waals surface area contributed by atoms with E-state index in [1.807, 2.05) is 6.08 Å². The molecule has 0 radical (unpaired) electrons. The Morgan fingerprint density at radius 3 is 2.71 bits per heavy atom. The maximum absolute atomic E-state index is 9.23. The number of hydrogen-bond donors (Lipinski definition) is 1. The Labute approximate surface area is 87.5 Å². The second kappa shape index (κ2) is 4.31. The first kappa shape index (κ1) is 11.5. The van der Waals surface area contributed by atoms with Crippen LogP contribution in [-0.4, -0.2) is 11.2 Å². The lowest BCUT2D eigenvalue weighted by Gasteiger charge is -2.36. The van der Waals surface area contributed by atoms with E-state index in [2.05, 4.69) is 32.9 Å². The van der Waals surface area contributed by atoms with Gasteiger partial charge in [-0.15, -0.1) is 0 Å². The van der Waals surface area contributed by atoms with Crippen LogP contribution in [0.3, 0.4) is 0 Å². The molecule has 0 heterocycles. The summed E-state index contributed by atoms with van der Waals surface area (Å²) in [6, 6.07) is 0. The maximum Gasteiger partial charge on any atom is 0.0692 e. The topological polar surface area (TPSA) is 20.2 Å². The molecule has 1 nitrogen and oxygen atoms in total. The van der Waals surface area contributed by atoms with E-state index < -0.39 is 0 Å². The molecule has 0 aromatic rings. The van der Waals surface area contributed by atoms with E-state index in [-0.39, 0.29) is 6.10 Å². The molecule has 0 fully saturated rings. The van der Waals surface area contributed by atoms with Crippen LogP contribution in [0.5, 0.6) is 0 Å². The fraction of sp³-hybridized carbons (Fsp3) is 0.692. The Bertz CT molecular complexity index is 246. The van der Waals surface area contributed by atoms with Crippen molar-refractivity contribution in [1.82, 2.24) is 0 Å². The van der Waals surface area contributed by atoms with Crippen LogP contribution in [0.4, 0.5) is 0 Å². The van der Waals surface area contributed by atoms with Gasteiger partial charge >= 0.3 is 0 Å². The van der Waals surface area contributed by atoms with Crippen molar-refractivity contribution in [2.75, 3.05) is 0 Å². The summed E-state index contributed by atoms with van der Waals surface area (Å²) in [5.74, 6) is 0.492. The first-order chi connectivity index (χ1) is 6.43. The Morgan fingerprint density at radius 1 is 1.57 bits per heavy atom. The van der Waals surface area contributed by atoms with Crippen molar-refractivity contribution in [2.45, 2.75) is 46.6 Å². The summed E-state index contributed by atoms with van der Waals surface area (Å²) in [7, 11) is 0. The van der Waals surface area contributed by atoms with Crippen molar-refractivity contribution in [3.05, 3.63) is 23.8 Å². The molecule has 0 aromatic carbocycles. The lowest BCUT2D eigenvalue weighted by Crippen LogP contribution is -2.26. The number of rotatable bonds is 2. The minimum Gasteiger partial charge on any atom is -0.389 e. The van der Waals surface area contributed by atoms with Crippen molar-refractivity contribution >= 4 is 0 Å². The third-order valence-electron chi connectivity index (χ3n) is 3.17. The normalized spacial score (nSPS) is 28.9. The SMILES string of the molecule is CC1=CCCC(C)(C)C1C=C[C@@H](C)O. The summed E-state index contributed by atoms with van der Waals surface area (Å²) in [6.45, 7) is 8.60. The average molecular weight is 194 g/mol. The van der Waals surface area contributed by atoms with Crippen LogP contribution in [0.15, 0.2) is 23.8 Å². The highest BCUT2D eigenvalue weighted by molar-refractivity contribution is 5.19.